The number of hydrogen-bond donors (Lipinski definition) is 1. The fourth-order valence-corrected chi connectivity index (χ4v) is 1.23. The highest BCUT2D eigenvalue weighted by Gasteiger charge is 2.21. The van der Waals surface area contributed by atoms with Crippen LogP contribution in [0.1, 0.15) is 33.1 Å². The highest BCUT2D eigenvalue weighted by Crippen LogP contribution is 2.19. The van der Waals surface area contributed by atoms with E-state index in [-0.39, 0.29) is 0 Å². The van der Waals surface area contributed by atoms with Gasteiger partial charge in [0.1, 0.15) is 0 Å². The van der Waals surface area contributed by atoms with Crippen molar-refractivity contribution in [1.82, 2.24) is 5.32 Å². The molecule has 0 bridgehead atoms. The summed E-state index contributed by atoms with van der Waals surface area (Å²) in [4.78, 5) is 0. The van der Waals surface area contributed by atoms with Gasteiger partial charge in [-0.3, -0.25) is 0 Å². The highest BCUT2D eigenvalue weighted by atomic mass is 16.5. The zero-order valence-corrected chi connectivity index (χ0v) is 8.31. The van der Waals surface area contributed by atoms with Gasteiger partial charge < -0.3 is 10.1 Å². The molecule has 0 radical (unpaired) electrons. The summed E-state index contributed by atoms with van der Waals surface area (Å²) in [7, 11) is 0. The summed E-state index contributed by atoms with van der Waals surface area (Å²) in [5.74, 6) is 0.713. The van der Waals surface area contributed by atoms with E-state index < -0.39 is 0 Å². The van der Waals surface area contributed by atoms with Crippen molar-refractivity contribution in [1.29, 1.82) is 0 Å². The molecule has 0 aromatic rings. The predicted octanol–water partition coefficient (Wildman–Crippen LogP) is 1.80. The molecule has 0 aromatic heterocycles. The normalized spacial score (nSPS) is 19.5. The molecule has 0 saturated heterocycles. The van der Waals surface area contributed by atoms with Gasteiger partial charge >= 0.3 is 0 Å². The summed E-state index contributed by atoms with van der Waals surface area (Å²) in [6.45, 7) is 7.20. The monoisotopic (exact) mass is 171 g/mol. The Hall–Kier alpha value is -0.0800. The first kappa shape index (κ1) is 10.0. The van der Waals surface area contributed by atoms with Gasteiger partial charge in [0.15, 0.2) is 0 Å². The third kappa shape index (κ3) is 4.07. The lowest BCUT2D eigenvalue weighted by molar-refractivity contribution is 0.108. The molecular formula is C10H21NO. The maximum absolute atomic E-state index is 5.40. The largest absolute Gasteiger partial charge is 0.381 e. The molecule has 12 heavy (non-hydrogen) atoms. The Labute approximate surface area is 75.7 Å². The summed E-state index contributed by atoms with van der Waals surface area (Å²) in [5, 5.41) is 3.54. The summed E-state index contributed by atoms with van der Waals surface area (Å²) < 4.78 is 5.40. The lowest BCUT2D eigenvalue weighted by Crippen LogP contribution is -2.27. The van der Waals surface area contributed by atoms with Crippen molar-refractivity contribution in [3.63, 3.8) is 0 Å². The summed E-state index contributed by atoms with van der Waals surface area (Å²) in [6, 6.07) is 0.834. The van der Waals surface area contributed by atoms with E-state index in [2.05, 4.69) is 19.2 Å². The Morgan fingerprint density at radius 1 is 1.42 bits per heavy atom. The summed E-state index contributed by atoms with van der Waals surface area (Å²) >= 11 is 0. The van der Waals surface area contributed by atoms with Gasteiger partial charge in [-0.1, -0.05) is 6.92 Å². The minimum Gasteiger partial charge on any atom is -0.381 e. The van der Waals surface area contributed by atoms with Crippen LogP contribution >= 0.6 is 0 Å². The Morgan fingerprint density at radius 2 is 2.17 bits per heavy atom. The fourth-order valence-electron chi connectivity index (χ4n) is 1.23. The second-order valence-electron chi connectivity index (χ2n) is 3.62. The van der Waals surface area contributed by atoms with E-state index in [1.165, 1.54) is 19.3 Å². The number of nitrogens with one attached hydrogen (secondary N) is 1. The van der Waals surface area contributed by atoms with Crippen molar-refractivity contribution in [3.05, 3.63) is 0 Å². The van der Waals surface area contributed by atoms with Gasteiger partial charge in [0.25, 0.3) is 0 Å². The first-order valence-electron chi connectivity index (χ1n) is 5.18. The van der Waals surface area contributed by atoms with Crippen molar-refractivity contribution in [2.45, 2.75) is 39.2 Å². The predicted molar refractivity (Wildman–Crippen MR) is 51.3 cm³/mol. The van der Waals surface area contributed by atoms with E-state index in [0.717, 1.165) is 25.8 Å². The number of rotatable bonds is 7. The van der Waals surface area contributed by atoms with Crippen LogP contribution in [0.25, 0.3) is 0 Å². The van der Waals surface area contributed by atoms with Gasteiger partial charge in [0.05, 0.1) is 6.61 Å². The third-order valence-electron chi connectivity index (χ3n) is 2.41. The van der Waals surface area contributed by atoms with Gasteiger partial charge in [-0.05, 0) is 32.1 Å². The van der Waals surface area contributed by atoms with E-state index in [1.807, 2.05) is 0 Å². The molecule has 0 heterocycles. The Morgan fingerprint density at radius 3 is 2.67 bits per heavy atom. The molecule has 1 aliphatic carbocycles. The average Bonchev–Trinajstić information content (AvgIpc) is 2.89. The number of hydrogen-bond acceptors (Lipinski definition) is 2. The lowest BCUT2D eigenvalue weighted by atomic mass is 10.1. The van der Waals surface area contributed by atoms with Crippen LogP contribution in [-0.4, -0.2) is 25.8 Å². The van der Waals surface area contributed by atoms with E-state index in [9.17, 15) is 0 Å². The summed E-state index contributed by atoms with van der Waals surface area (Å²) in [6.07, 6.45) is 3.98. The highest BCUT2D eigenvalue weighted by molar-refractivity contribution is 4.81. The van der Waals surface area contributed by atoms with E-state index in [0.29, 0.717) is 5.92 Å². The lowest BCUT2D eigenvalue weighted by Gasteiger charge is -2.14. The van der Waals surface area contributed by atoms with Crippen molar-refractivity contribution in [2.75, 3.05) is 19.8 Å². The molecule has 1 rings (SSSR count). The van der Waals surface area contributed by atoms with E-state index in [4.69, 9.17) is 4.74 Å². The molecule has 1 atom stereocenters. The van der Waals surface area contributed by atoms with Crippen LogP contribution < -0.4 is 5.32 Å². The molecular weight excluding hydrogens is 150 g/mol. The van der Waals surface area contributed by atoms with Crippen LogP contribution in [0.3, 0.4) is 0 Å². The minimum atomic E-state index is 0.713. The van der Waals surface area contributed by atoms with E-state index in [1.54, 1.807) is 0 Å². The molecule has 1 fully saturated rings. The zero-order chi connectivity index (χ0) is 8.81. The minimum absolute atomic E-state index is 0.713. The maximum atomic E-state index is 5.40. The summed E-state index contributed by atoms with van der Waals surface area (Å²) in [5.41, 5.74) is 0. The van der Waals surface area contributed by atoms with Crippen molar-refractivity contribution < 1.29 is 4.74 Å². The van der Waals surface area contributed by atoms with Gasteiger partial charge in [0, 0.05) is 19.2 Å². The second kappa shape index (κ2) is 5.55. The van der Waals surface area contributed by atoms with Crippen molar-refractivity contribution in [2.24, 2.45) is 5.92 Å². The van der Waals surface area contributed by atoms with Gasteiger partial charge in [-0.15, -0.1) is 0 Å². The molecule has 1 unspecified atom stereocenters. The quantitative estimate of drug-likeness (QED) is 0.630. The van der Waals surface area contributed by atoms with Crippen LogP contribution in [0.5, 0.6) is 0 Å². The van der Waals surface area contributed by atoms with Crippen LogP contribution in [-0.2, 0) is 4.74 Å². The fraction of sp³-hybridized carbons (Fsp3) is 1.00. The van der Waals surface area contributed by atoms with Gasteiger partial charge in [0.2, 0.25) is 0 Å². The average molecular weight is 171 g/mol. The Kier molecular flexibility index (Phi) is 4.62. The molecule has 1 saturated carbocycles. The van der Waals surface area contributed by atoms with Crippen molar-refractivity contribution in [3.8, 4) is 0 Å². The van der Waals surface area contributed by atoms with Crippen molar-refractivity contribution >= 4 is 0 Å². The van der Waals surface area contributed by atoms with Gasteiger partial charge in [-0.25, -0.2) is 0 Å². The van der Waals surface area contributed by atoms with Crippen LogP contribution in [0, 0.1) is 5.92 Å². The van der Waals surface area contributed by atoms with Crippen LogP contribution in [0.4, 0.5) is 0 Å². The van der Waals surface area contributed by atoms with Gasteiger partial charge in [-0.2, -0.15) is 0 Å². The number of ether oxygens (including phenoxy) is 1. The molecule has 2 nitrogen and oxygen atoms in total. The van der Waals surface area contributed by atoms with E-state index >= 15 is 0 Å². The van der Waals surface area contributed by atoms with Crippen LogP contribution in [0.15, 0.2) is 0 Å². The smallest absolute Gasteiger partial charge is 0.0506 e. The Bertz CT molecular complexity index is 112. The topological polar surface area (TPSA) is 21.3 Å². The molecule has 0 amide bonds. The molecule has 0 aromatic carbocycles. The standard InChI is InChI=1S/C10H21NO/c1-3-9(8-12-4-2)7-11-10-5-6-10/h9-11H,3-8H2,1-2H3. The molecule has 2 heteroatoms. The maximum Gasteiger partial charge on any atom is 0.0506 e. The molecule has 72 valence electrons. The van der Waals surface area contributed by atoms with Crippen LogP contribution in [0.2, 0.25) is 0 Å². The second-order valence-corrected chi connectivity index (χ2v) is 3.62. The first-order valence-corrected chi connectivity index (χ1v) is 5.18. The Balaban J connectivity index is 1.98. The molecule has 1 N–H and O–H groups in total. The molecule has 1 aliphatic rings. The SMILES string of the molecule is CCOCC(CC)CNC1CC1. The first-order chi connectivity index (χ1) is 5.86. The third-order valence-corrected chi connectivity index (χ3v) is 2.41. The molecule has 0 aliphatic heterocycles. The molecule has 0 spiro atoms. The zero-order valence-electron chi connectivity index (χ0n) is 8.31.